The van der Waals surface area contributed by atoms with Crippen molar-refractivity contribution in [1.29, 1.82) is 0 Å². The molecule has 4 nitrogen and oxygen atoms in total. The van der Waals surface area contributed by atoms with Crippen molar-refractivity contribution in [3.63, 3.8) is 0 Å². The highest BCUT2D eigenvalue weighted by molar-refractivity contribution is 7.20. The molecule has 0 spiro atoms. The molecule has 0 aliphatic heterocycles. The lowest BCUT2D eigenvalue weighted by atomic mass is 10.2. The minimum atomic E-state index is -2.69. The minimum Gasteiger partial charge on any atom is -0.477 e. The van der Waals surface area contributed by atoms with Gasteiger partial charge in [0, 0.05) is 5.39 Å². The largest absolute Gasteiger partial charge is 0.477 e. The molecule has 2 heterocycles. The van der Waals surface area contributed by atoms with E-state index in [4.69, 9.17) is 5.11 Å². The van der Waals surface area contributed by atoms with Crippen molar-refractivity contribution >= 4 is 27.5 Å². The summed E-state index contributed by atoms with van der Waals surface area (Å²) in [4.78, 5) is 11.6. The summed E-state index contributed by atoms with van der Waals surface area (Å²) in [5.41, 5.74) is -0.314. The molecule has 0 bridgehead atoms. The molecular formula is C12H12F2N2O2S. The average molecular weight is 286 g/mol. The molecule has 1 N–H and O–H groups in total. The van der Waals surface area contributed by atoms with E-state index in [1.165, 1.54) is 6.07 Å². The van der Waals surface area contributed by atoms with Gasteiger partial charge < -0.3 is 5.11 Å². The van der Waals surface area contributed by atoms with Crippen LogP contribution in [0.25, 0.3) is 10.2 Å². The van der Waals surface area contributed by atoms with Gasteiger partial charge >= 0.3 is 5.97 Å². The molecule has 0 radical (unpaired) electrons. The number of thiophene rings is 1. The maximum Gasteiger partial charge on any atom is 0.345 e. The molecule has 0 saturated heterocycles. The van der Waals surface area contributed by atoms with E-state index in [2.05, 4.69) is 5.10 Å². The number of hydrogen-bond donors (Lipinski definition) is 1. The van der Waals surface area contributed by atoms with E-state index in [0.29, 0.717) is 10.7 Å². The van der Waals surface area contributed by atoms with E-state index in [9.17, 15) is 13.6 Å². The highest BCUT2D eigenvalue weighted by Gasteiger charge is 2.33. The van der Waals surface area contributed by atoms with Crippen LogP contribution >= 0.6 is 11.3 Å². The summed E-state index contributed by atoms with van der Waals surface area (Å²) in [5.74, 6) is -0.629. The number of carbonyl (C=O) groups is 1. The van der Waals surface area contributed by atoms with Crippen LogP contribution < -0.4 is 0 Å². The lowest BCUT2D eigenvalue weighted by Gasteiger charge is -2.10. The summed E-state index contributed by atoms with van der Waals surface area (Å²) < 4.78 is 27.5. The zero-order chi connectivity index (χ0) is 13.7. The van der Waals surface area contributed by atoms with Gasteiger partial charge in [-0.2, -0.15) is 5.10 Å². The third kappa shape index (κ3) is 2.01. The number of halogens is 2. The van der Waals surface area contributed by atoms with Gasteiger partial charge in [-0.3, -0.25) is 4.68 Å². The van der Waals surface area contributed by atoms with Crippen molar-refractivity contribution < 1.29 is 18.7 Å². The Hall–Kier alpha value is -1.50. The van der Waals surface area contributed by atoms with Gasteiger partial charge in [0.25, 0.3) is 6.43 Å². The topological polar surface area (TPSA) is 55.1 Å². The quantitative estimate of drug-likeness (QED) is 0.932. The molecule has 1 aliphatic carbocycles. The van der Waals surface area contributed by atoms with Gasteiger partial charge in [-0.25, -0.2) is 13.6 Å². The molecule has 2 aromatic heterocycles. The van der Waals surface area contributed by atoms with Crippen LogP contribution in [0, 0.1) is 5.92 Å². The van der Waals surface area contributed by atoms with Crippen LogP contribution in [0.1, 0.15) is 47.6 Å². The van der Waals surface area contributed by atoms with E-state index in [-0.39, 0.29) is 22.0 Å². The van der Waals surface area contributed by atoms with E-state index in [1.54, 1.807) is 4.68 Å². The summed E-state index contributed by atoms with van der Waals surface area (Å²) in [6.45, 7) is 1.94. The highest BCUT2D eigenvalue weighted by Crippen LogP contribution is 2.43. The zero-order valence-electron chi connectivity index (χ0n) is 10.1. The molecule has 1 fully saturated rings. The zero-order valence-corrected chi connectivity index (χ0v) is 11.0. The molecular weight excluding hydrogens is 274 g/mol. The molecule has 19 heavy (non-hydrogen) atoms. The fraction of sp³-hybridized carbons (Fsp3) is 0.500. The first-order valence-corrected chi connectivity index (χ1v) is 6.84. The fourth-order valence-electron chi connectivity index (χ4n) is 2.27. The minimum absolute atomic E-state index is 0.0373. The Bertz CT molecular complexity index is 645. The Labute approximate surface area is 111 Å². The fourth-order valence-corrected chi connectivity index (χ4v) is 3.32. The third-order valence-corrected chi connectivity index (χ3v) is 4.63. The lowest BCUT2D eigenvalue weighted by molar-refractivity contribution is 0.0702. The smallest absolute Gasteiger partial charge is 0.345 e. The number of aromatic carboxylic acids is 1. The second kappa shape index (κ2) is 4.26. The van der Waals surface area contributed by atoms with Crippen molar-refractivity contribution in [2.45, 2.75) is 32.2 Å². The van der Waals surface area contributed by atoms with Crippen LogP contribution in [0.2, 0.25) is 0 Å². The molecule has 102 valence electrons. The number of fused-ring (bicyclic) bond motifs is 1. The Balaban J connectivity index is 2.17. The molecule has 1 aliphatic rings. The third-order valence-electron chi connectivity index (χ3n) is 3.52. The number of carboxylic acid groups (broad SMARTS) is 1. The first kappa shape index (κ1) is 12.5. The maximum absolute atomic E-state index is 13.0. The molecule has 1 unspecified atom stereocenters. The van der Waals surface area contributed by atoms with E-state index in [1.807, 2.05) is 6.92 Å². The Kier molecular flexibility index (Phi) is 2.81. The van der Waals surface area contributed by atoms with E-state index >= 15 is 0 Å². The van der Waals surface area contributed by atoms with Crippen LogP contribution in [0.3, 0.4) is 0 Å². The number of rotatable bonds is 4. The molecule has 2 aromatic rings. The highest BCUT2D eigenvalue weighted by atomic mass is 32.1. The molecule has 3 rings (SSSR count). The van der Waals surface area contributed by atoms with E-state index in [0.717, 1.165) is 24.2 Å². The van der Waals surface area contributed by atoms with Crippen molar-refractivity contribution in [1.82, 2.24) is 9.78 Å². The maximum atomic E-state index is 13.0. The van der Waals surface area contributed by atoms with Crippen LogP contribution in [-0.4, -0.2) is 20.9 Å². The number of aromatic nitrogens is 2. The lowest BCUT2D eigenvalue weighted by Crippen LogP contribution is -2.08. The first-order valence-electron chi connectivity index (χ1n) is 6.02. The normalized spacial score (nSPS) is 17.3. The number of carboxylic acids is 1. The van der Waals surface area contributed by atoms with Gasteiger partial charge in [-0.05, 0) is 31.7 Å². The standard InChI is InChI=1S/C12H12F2N2O2S/c1-5(6-2-3-6)16-11-7(9(15-16)10(13)14)4-8(19-11)12(17)18/h4-6,10H,2-3H2,1H3,(H,17,18). The summed E-state index contributed by atoms with van der Waals surface area (Å²) >= 11 is 1.01. The number of hydrogen-bond acceptors (Lipinski definition) is 3. The van der Waals surface area contributed by atoms with Gasteiger partial charge in [0.15, 0.2) is 0 Å². The SMILES string of the molecule is CC(C1CC1)n1nc(C(F)F)c2cc(C(=O)O)sc21. The van der Waals surface area contributed by atoms with Crippen LogP contribution in [0.5, 0.6) is 0 Å². The Morgan fingerprint density at radius 3 is 2.79 bits per heavy atom. The predicted octanol–water partition coefficient (Wildman–Crippen LogP) is 3.70. The van der Waals surface area contributed by atoms with Crippen LogP contribution in [0.4, 0.5) is 8.78 Å². The van der Waals surface area contributed by atoms with Crippen LogP contribution in [0.15, 0.2) is 6.07 Å². The van der Waals surface area contributed by atoms with Crippen molar-refractivity contribution in [3.8, 4) is 0 Å². The summed E-state index contributed by atoms with van der Waals surface area (Å²) in [5, 5.41) is 13.2. The average Bonchev–Trinajstić information content (AvgIpc) is 2.98. The summed E-state index contributed by atoms with van der Waals surface area (Å²) in [6.07, 6.45) is -0.542. The van der Waals surface area contributed by atoms with Crippen LogP contribution in [-0.2, 0) is 0 Å². The predicted molar refractivity (Wildman–Crippen MR) is 67.0 cm³/mol. The summed E-state index contributed by atoms with van der Waals surface area (Å²) in [6, 6.07) is 1.34. The first-order chi connectivity index (χ1) is 8.99. The van der Waals surface area contributed by atoms with Crippen molar-refractivity contribution in [2.24, 2.45) is 5.92 Å². The molecule has 7 heteroatoms. The van der Waals surface area contributed by atoms with Gasteiger partial charge in [0.2, 0.25) is 0 Å². The Morgan fingerprint density at radius 2 is 2.26 bits per heavy atom. The number of alkyl halides is 2. The second-order valence-electron chi connectivity index (χ2n) is 4.84. The van der Waals surface area contributed by atoms with Crippen molar-refractivity contribution in [3.05, 3.63) is 16.6 Å². The Morgan fingerprint density at radius 1 is 1.58 bits per heavy atom. The second-order valence-corrected chi connectivity index (χ2v) is 5.87. The van der Waals surface area contributed by atoms with Gasteiger partial charge in [0.1, 0.15) is 15.4 Å². The molecule has 1 atom stereocenters. The molecule has 1 saturated carbocycles. The van der Waals surface area contributed by atoms with Gasteiger partial charge in [-0.15, -0.1) is 11.3 Å². The molecule has 0 amide bonds. The van der Waals surface area contributed by atoms with Crippen molar-refractivity contribution in [2.75, 3.05) is 0 Å². The molecule has 0 aromatic carbocycles. The van der Waals surface area contributed by atoms with Gasteiger partial charge in [-0.1, -0.05) is 0 Å². The van der Waals surface area contributed by atoms with E-state index < -0.39 is 12.4 Å². The summed E-state index contributed by atoms with van der Waals surface area (Å²) in [7, 11) is 0. The monoisotopic (exact) mass is 286 g/mol. The van der Waals surface area contributed by atoms with Gasteiger partial charge in [0.05, 0.1) is 6.04 Å². The number of nitrogens with zero attached hydrogens (tertiary/aromatic N) is 2.